The van der Waals surface area contributed by atoms with Crippen LogP contribution in [0.3, 0.4) is 0 Å². The van der Waals surface area contributed by atoms with Crippen LogP contribution in [-0.2, 0) is 11.1 Å². The summed E-state index contributed by atoms with van der Waals surface area (Å²) in [7, 11) is 0. The Morgan fingerprint density at radius 1 is 1.57 bits per heavy atom. The van der Waals surface area contributed by atoms with Gasteiger partial charge < -0.3 is 9.45 Å². The van der Waals surface area contributed by atoms with E-state index in [1.807, 2.05) is 36.1 Å². The summed E-state index contributed by atoms with van der Waals surface area (Å²) < 4.78 is 19.9. The van der Waals surface area contributed by atoms with Gasteiger partial charge in [-0.15, -0.1) is 0 Å². The fourth-order valence-electron chi connectivity index (χ4n) is 1.55. The Morgan fingerprint density at radius 3 is 2.93 bits per heavy atom. The van der Waals surface area contributed by atoms with Crippen LogP contribution in [0.5, 0.6) is 0 Å². The largest absolute Gasteiger partial charge is 0.346 e. The molecule has 0 bridgehead atoms. The number of nitrogens with zero attached hydrogens (tertiary/aromatic N) is 1. The first-order valence-corrected chi connectivity index (χ1v) is 6.41. The van der Waals surface area contributed by atoms with Crippen LogP contribution in [0.25, 0.3) is 0 Å². The lowest BCUT2D eigenvalue weighted by Crippen LogP contribution is -2.32. The summed E-state index contributed by atoms with van der Waals surface area (Å²) >= 11 is -0.356. The van der Waals surface area contributed by atoms with Crippen molar-refractivity contribution >= 4 is 28.5 Å². The van der Waals surface area contributed by atoms with E-state index in [0.29, 0.717) is 0 Å². The van der Waals surface area contributed by atoms with E-state index in [2.05, 4.69) is 0 Å². The second-order valence-corrected chi connectivity index (χ2v) is 5.37. The molecule has 0 spiro atoms. The molecule has 2 atom stereocenters. The van der Waals surface area contributed by atoms with Gasteiger partial charge in [-0.1, -0.05) is 23.9 Å². The molecule has 1 aliphatic heterocycles. The first kappa shape index (κ1) is 10.0. The van der Waals surface area contributed by atoms with Gasteiger partial charge in [0.1, 0.15) is 0 Å². The minimum Gasteiger partial charge on any atom is -0.346 e. The van der Waals surface area contributed by atoms with Crippen molar-refractivity contribution in [2.75, 3.05) is 11.4 Å². The van der Waals surface area contributed by atoms with E-state index in [1.54, 1.807) is 0 Å². The Balaban J connectivity index is 2.38. The highest BCUT2D eigenvalue weighted by Crippen LogP contribution is 2.43. The highest BCUT2D eigenvalue weighted by Gasteiger charge is 2.32. The molecule has 2 rings (SSSR count). The van der Waals surface area contributed by atoms with Crippen molar-refractivity contribution in [2.45, 2.75) is 16.5 Å². The Labute approximate surface area is 89.8 Å². The SMILES string of the molecule is CCN1c2ccccc2SC1S(=O)O. The van der Waals surface area contributed by atoms with Crippen LogP contribution in [0.4, 0.5) is 5.69 Å². The molecular weight excluding hydrogens is 218 g/mol. The monoisotopic (exact) mass is 229 g/mol. The Kier molecular flexibility index (Phi) is 2.80. The van der Waals surface area contributed by atoms with Gasteiger partial charge in [0.15, 0.2) is 15.8 Å². The molecule has 1 heterocycles. The van der Waals surface area contributed by atoms with Gasteiger partial charge in [-0.05, 0) is 19.1 Å². The first-order chi connectivity index (χ1) is 6.74. The number of hydrogen-bond acceptors (Lipinski definition) is 3. The third-order valence-electron chi connectivity index (χ3n) is 2.17. The molecule has 1 N–H and O–H groups in total. The number of anilines is 1. The lowest BCUT2D eigenvalue weighted by molar-refractivity contribution is 0.559. The van der Waals surface area contributed by atoms with Crippen LogP contribution in [0.15, 0.2) is 29.2 Å². The van der Waals surface area contributed by atoms with Crippen molar-refractivity contribution in [2.24, 2.45) is 0 Å². The van der Waals surface area contributed by atoms with Crippen LogP contribution < -0.4 is 4.90 Å². The highest BCUT2D eigenvalue weighted by molar-refractivity contribution is 8.10. The van der Waals surface area contributed by atoms with Crippen molar-refractivity contribution in [1.82, 2.24) is 0 Å². The molecule has 3 nitrogen and oxygen atoms in total. The second-order valence-electron chi connectivity index (χ2n) is 2.95. The predicted molar refractivity (Wildman–Crippen MR) is 59.9 cm³/mol. The molecular formula is C9H11NO2S2. The lowest BCUT2D eigenvalue weighted by Gasteiger charge is -2.21. The van der Waals surface area contributed by atoms with Crippen LogP contribution in [0.2, 0.25) is 0 Å². The summed E-state index contributed by atoms with van der Waals surface area (Å²) in [4.78, 5) is 3.04. The first-order valence-electron chi connectivity index (χ1n) is 4.36. The Morgan fingerprint density at radius 2 is 2.29 bits per heavy atom. The average Bonchev–Trinajstić information content (AvgIpc) is 2.56. The van der Waals surface area contributed by atoms with E-state index in [1.165, 1.54) is 11.8 Å². The normalized spacial score (nSPS) is 22.1. The third-order valence-corrected chi connectivity index (χ3v) is 4.61. The quantitative estimate of drug-likeness (QED) is 0.789. The molecule has 1 aliphatic rings. The van der Waals surface area contributed by atoms with E-state index < -0.39 is 11.1 Å². The fourth-order valence-corrected chi connectivity index (χ4v) is 3.74. The second kappa shape index (κ2) is 3.92. The number of thioether (sulfide) groups is 1. The minimum atomic E-state index is -1.81. The van der Waals surface area contributed by atoms with E-state index in [0.717, 1.165) is 17.1 Å². The Hall–Kier alpha value is -0.520. The van der Waals surface area contributed by atoms with E-state index in [9.17, 15) is 4.21 Å². The van der Waals surface area contributed by atoms with Gasteiger partial charge in [-0.25, -0.2) is 4.21 Å². The van der Waals surface area contributed by atoms with Crippen molar-refractivity contribution in [3.63, 3.8) is 0 Å². The maximum absolute atomic E-state index is 11.1. The maximum atomic E-state index is 11.1. The van der Waals surface area contributed by atoms with Gasteiger partial charge >= 0.3 is 0 Å². The molecule has 0 saturated heterocycles. The van der Waals surface area contributed by atoms with Gasteiger partial charge in [0.25, 0.3) is 0 Å². The minimum absolute atomic E-state index is 0.350. The zero-order valence-electron chi connectivity index (χ0n) is 7.71. The topological polar surface area (TPSA) is 40.5 Å². The average molecular weight is 229 g/mol. The van der Waals surface area contributed by atoms with Crippen molar-refractivity contribution in [3.05, 3.63) is 24.3 Å². The molecule has 0 aromatic heterocycles. The summed E-state index contributed by atoms with van der Waals surface area (Å²) in [6, 6.07) is 7.86. The van der Waals surface area contributed by atoms with E-state index in [-0.39, 0.29) is 4.71 Å². The molecule has 0 saturated carbocycles. The van der Waals surface area contributed by atoms with Crippen LogP contribution >= 0.6 is 11.8 Å². The van der Waals surface area contributed by atoms with Gasteiger partial charge in [-0.3, -0.25) is 0 Å². The third kappa shape index (κ3) is 1.55. The fraction of sp³-hybridized carbons (Fsp3) is 0.333. The standard InChI is InChI=1S/C9H11NO2S2/c1-2-10-7-5-3-4-6-8(7)13-9(10)14(11)12/h3-6,9H,2H2,1H3,(H,11,12). The maximum Gasteiger partial charge on any atom is 0.187 e. The summed E-state index contributed by atoms with van der Waals surface area (Å²) in [5, 5.41) is 0. The smallest absolute Gasteiger partial charge is 0.187 e. The van der Waals surface area contributed by atoms with Crippen LogP contribution in [0, 0.1) is 0 Å². The van der Waals surface area contributed by atoms with Gasteiger partial charge in [0.05, 0.1) is 5.69 Å². The van der Waals surface area contributed by atoms with Crippen molar-refractivity contribution < 1.29 is 8.76 Å². The highest BCUT2D eigenvalue weighted by atomic mass is 32.2. The zero-order chi connectivity index (χ0) is 10.1. The van der Waals surface area contributed by atoms with Crippen LogP contribution in [0.1, 0.15) is 6.92 Å². The van der Waals surface area contributed by atoms with Crippen LogP contribution in [-0.4, -0.2) is 20.0 Å². The number of fused-ring (bicyclic) bond motifs is 1. The van der Waals surface area contributed by atoms with Gasteiger partial charge in [0, 0.05) is 11.4 Å². The zero-order valence-corrected chi connectivity index (χ0v) is 9.35. The summed E-state index contributed by atoms with van der Waals surface area (Å²) in [6.07, 6.45) is 0. The summed E-state index contributed by atoms with van der Waals surface area (Å²) in [6.45, 7) is 2.74. The Bertz CT molecular complexity index is 370. The predicted octanol–water partition coefficient (Wildman–Crippen LogP) is 2.12. The molecule has 14 heavy (non-hydrogen) atoms. The van der Waals surface area contributed by atoms with Gasteiger partial charge in [0.2, 0.25) is 0 Å². The van der Waals surface area contributed by atoms with Gasteiger partial charge in [-0.2, -0.15) is 0 Å². The number of hydrogen-bond donors (Lipinski definition) is 1. The van der Waals surface area contributed by atoms with Crippen molar-refractivity contribution in [1.29, 1.82) is 0 Å². The molecule has 5 heteroatoms. The number of para-hydroxylation sites is 1. The number of benzene rings is 1. The van der Waals surface area contributed by atoms with Crippen molar-refractivity contribution in [3.8, 4) is 0 Å². The molecule has 2 unspecified atom stereocenters. The molecule has 0 amide bonds. The summed E-state index contributed by atoms with van der Waals surface area (Å²) in [5.74, 6) is 0. The lowest BCUT2D eigenvalue weighted by atomic mass is 10.3. The molecule has 1 aromatic rings. The summed E-state index contributed by atoms with van der Waals surface area (Å²) in [5.41, 5.74) is 1.06. The molecule has 0 aliphatic carbocycles. The molecule has 1 aromatic carbocycles. The molecule has 0 fully saturated rings. The number of rotatable bonds is 2. The molecule has 76 valence electrons. The van der Waals surface area contributed by atoms with E-state index in [4.69, 9.17) is 4.55 Å². The molecule has 0 radical (unpaired) electrons. The van der Waals surface area contributed by atoms with E-state index >= 15 is 0 Å².